The van der Waals surface area contributed by atoms with Gasteiger partial charge in [-0.15, -0.1) is 0 Å². The molecule has 0 unspecified atom stereocenters. The van der Waals surface area contributed by atoms with Crippen LogP contribution in [0.4, 0.5) is 4.39 Å². The summed E-state index contributed by atoms with van der Waals surface area (Å²) < 4.78 is 12.8. The largest absolute Gasteiger partial charge is 0.340 e. The highest BCUT2D eigenvalue weighted by atomic mass is 19.1. The van der Waals surface area contributed by atoms with Crippen molar-refractivity contribution in [1.82, 2.24) is 19.8 Å². The van der Waals surface area contributed by atoms with E-state index in [0.29, 0.717) is 43.2 Å². The van der Waals surface area contributed by atoms with Gasteiger partial charge < -0.3 is 14.8 Å². The van der Waals surface area contributed by atoms with E-state index in [4.69, 9.17) is 4.98 Å². The lowest BCUT2D eigenvalue weighted by Gasteiger charge is -2.33. The monoisotopic (exact) mass is 488 g/mol. The van der Waals surface area contributed by atoms with Gasteiger partial charge in [-0.25, -0.2) is 9.37 Å². The average Bonchev–Trinajstić information content (AvgIpc) is 3.31. The molecule has 1 fully saturated rings. The van der Waals surface area contributed by atoms with Crippen molar-refractivity contribution in [2.75, 3.05) is 19.6 Å². The number of alkyl halides is 1. The molecule has 0 radical (unpaired) electrons. The predicted molar refractivity (Wildman–Crippen MR) is 137 cm³/mol. The lowest BCUT2D eigenvalue weighted by Crippen LogP contribution is -2.38. The van der Waals surface area contributed by atoms with Gasteiger partial charge >= 0.3 is 0 Å². The Hall–Kier alpha value is -3.48. The van der Waals surface area contributed by atoms with E-state index in [1.54, 1.807) is 6.92 Å². The molecular formula is C29H33FN4O2. The van der Waals surface area contributed by atoms with Gasteiger partial charge in [0.1, 0.15) is 12.5 Å². The van der Waals surface area contributed by atoms with Crippen LogP contribution in [0.25, 0.3) is 11.4 Å². The molecule has 5 rings (SSSR count). The third-order valence-corrected chi connectivity index (χ3v) is 7.72. The molecule has 0 atom stereocenters. The summed E-state index contributed by atoms with van der Waals surface area (Å²) in [4.78, 5) is 37.4. The summed E-state index contributed by atoms with van der Waals surface area (Å²) in [6, 6.07) is 11.8. The zero-order valence-electron chi connectivity index (χ0n) is 21.2. The fourth-order valence-corrected chi connectivity index (χ4v) is 5.49. The fourth-order valence-electron chi connectivity index (χ4n) is 5.49. The van der Waals surface area contributed by atoms with Gasteiger partial charge in [-0.3, -0.25) is 9.59 Å². The summed E-state index contributed by atoms with van der Waals surface area (Å²) in [5.74, 6) is 1.27. The minimum Gasteiger partial charge on any atom is -0.340 e. The van der Waals surface area contributed by atoms with Crippen LogP contribution in [-0.4, -0.2) is 51.2 Å². The van der Waals surface area contributed by atoms with Crippen LogP contribution >= 0.6 is 0 Å². The normalized spacial score (nSPS) is 16.2. The number of carbonyl (C=O) groups excluding carboxylic acids is 2. The van der Waals surface area contributed by atoms with E-state index in [9.17, 15) is 14.0 Å². The van der Waals surface area contributed by atoms with Crippen molar-refractivity contribution in [1.29, 1.82) is 0 Å². The quantitative estimate of drug-likeness (QED) is 0.556. The van der Waals surface area contributed by atoms with Crippen LogP contribution < -0.4 is 0 Å². The van der Waals surface area contributed by atoms with Gasteiger partial charge in [0.2, 0.25) is 5.91 Å². The standard InChI is InChI=1S/C29H33FN4O2/c1-18-14-19(2)25(15-24(18)28-31-26-10-13-34(20(3)35)17-27(26)32-28)29(36)33-11-8-23(9-12-33)22-6-4-21(16-30)5-7-22/h4-7,14-15,23H,8-13,16-17H2,1-3H3,(H,31,32). The number of carbonyl (C=O) groups is 2. The van der Waals surface area contributed by atoms with Gasteiger partial charge in [0.15, 0.2) is 0 Å². The number of piperidine rings is 1. The Kier molecular flexibility index (Phi) is 6.65. The minimum atomic E-state index is -0.442. The second-order valence-corrected chi connectivity index (χ2v) is 10.1. The molecule has 0 bridgehead atoms. The van der Waals surface area contributed by atoms with E-state index in [0.717, 1.165) is 53.2 Å². The molecule has 2 aromatic carbocycles. The molecule has 0 spiro atoms. The molecule has 3 aromatic rings. The van der Waals surface area contributed by atoms with Crippen LogP contribution in [0.5, 0.6) is 0 Å². The number of nitrogens with one attached hydrogen (secondary N) is 1. The summed E-state index contributed by atoms with van der Waals surface area (Å²) in [5, 5.41) is 0. The number of imidazole rings is 1. The topological polar surface area (TPSA) is 69.3 Å². The minimum absolute atomic E-state index is 0.0547. The first kappa shape index (κ1) is 24.2. The van der Waals surface area contributed by atoms with Gasteiger partial charge in [0.05, 0.1) is 17.9 Å². The molecule has 2 aliphatic heterocycles. The van der Waals surface area contributed by atoms with Gasteiger partial charge in [-0.1, -0.05) is 30.3 Å². The van der Waals surface area contributed by atoms with Crippen LogP contribution in [0, 0.1) is 13.8 Å². The van der Waals surface area contributed by atoms with E-state index in [1.807, 2.05) is 54.0 Å². The molecule has 6 nitrogen and oxygen atoms in total. The fraction of sp³-hybridized carbons (Fsp3) is 0.414. The number of aromatic amines is 1. The van der Waals surface area contributed by atoms with Crippen LogP contribution in [-0.2, 0) is 24.4 Å². The number of nitrogens with zero attached hydrogens (tertiary/aromatic N) is 3. The highest BCUT2D eigenvalue weighted by molar-refractivity contribution is 5.97. The molecule has 1 aromatic heterocycles. The molecule has 2 amide bonds. The van der Waals surface area contributed by atoms with Crippen molar-refractivity contribution in [3.8, 4) is 11.4 Å². The van der Waals surface area contributed by atoms with E-state index in [-0.39, 0.29) is 11.8 Å². The summed E-state index contributed by atoms with van der Waals surface area (Å²) in [7, 11) is 0. The number of aromatic nitrogens is 2. The maximum Gasteiger partial charge on any atom is 0.254 e. The maximum absolute atomic E-state index is 13.6. The Morgan fingerprint density at radius 2 is 1.75 bits per heavy atom. The molecule has 0 aliphatic carbocycles. The maximum atomic E-state index is 13.6. The number of fused-ring (bicyclic) bond motifs is 1. The smallest absolute Gasteiger partial charge is 0.254 e. The molecule has 36 heavy (non-hydrogen) atoms. The number of amides is 2. The Morgan fingerprint density at radius 1 is 1.03 bits per heavy atom. The molecule has 188 valence electrons. The number of hydrogen-bond acceptors (Lipinski definition) is 3. The predicted octanol–water partition coefficient (Wildman–Crippen LogP) is 5.09. The van der Waals surface area contributed by atoms with E-state index in [2.05, 4.69) is 11.1 Å². The van der Waals surface area contributed by atoms with Crippen molar-refractivity contribution in [2.45, 2.75) is 59.2 Å². The lowest BCUT2D eigenvalue weighted by molar-refractivity contribution is -0.129. The van der Waals surface area contributed by atoms with Crippen molar-refractivity contribution in [3.63, 3.8) is 0 Å². The van der Waals surface area contributed by atoms with Crippen molar-refractivity contribution in [2.24, 2.45) is 0 Å². The first-order chi connectivity index (χ1) is 17.3. The van der Waals surface area contributed by atoms with Crippen molar-refractivity contribution in [3.05, 3.63) is 75.6 Å². The number of halogens is 1. The van der Waals surface area contributed by atoms with Crippen LogP contribution in [0.15, 0.2) is 36.4 Å². The number of hydrogen-bond donors (Lipinski definition) is 1. The van der Waals surface area contributed by atoms with Gasteiger partial charge in [-0.05, 0) is 60.9 Å². The van der Waals surface area contributed by atoms with Crippen LogP contribution in [0.1, 0.15) is 69.7 Å². The summed E-state index contributed by atoms with van der Waals surface area (Å²) in [5.41, 5.74) is 7.55. The second kappa shape index (κ2) is 9.88. The molecule has 1 saturated heterocycles. The molecule has 7 heteroatoms. The molecule has 3 heterocycles. The van der Waals surface area contributed by atoms with Crippen molar-refractivity contribution >= 4 is 11.8 Å². The Labute approximate surface area is 211 Å². The van der Waals surface area contributed by atoms with Gasteiger partial charge in [0.25, 0.3) is 5.91 Å². The Bertz CT molecular complexity index is 1290. The number of rotatable bonds is 4. The summed E-state index contributed by atoms with van der Waals surface area (Å²) in [6.45, 7) is 7.80. The zero-order chi connectivity index (χ0) is 25.4. The SMILES string of the molecule is CC(=O)N1CCc2nc(-c3cc(C(=O)N4CCC(c5ccc(CF)cc5)CC4)c(C)cc3C)[nH]c2C1. The van der Waals surface area contributed by atoms with Gasteiger partial charge in [-0.2, -0.15) is 0 Å². The third-order valence-electron chi connectivity index (χ3n) is 7.72. The molecular weight excluding hydrogens is 455 g/mol. The number of likely N-dealkylation sites (tertiary alicyclic amines) is 1. The first-order valence-electron chi connectivity index (χ1n) is 12.7. The van der Waals surface area contributed by atoms with Crippen molar-refractivity contribution < 1.29 is 14.0 Å². The summed E-state index contributed by atoms with van der Waals surface area (Å²) >= 11 is 0. The Balaban J connectivity index is 1.33. The molecule has 2 aliphatic rings. The summed E-state index contributed by atoms with van der Waals surface area (Å²) in [6.07, 6.45) is 2.53. The number of benzene rings is 2. The highest BCUT2D eigenvalue weighted by Crippen LogP contribution is 2.31. The van der Waals surface area contributed by atoms with E-state index < -0.39 is 6.67 Å². The zero-order valence-corrected chi connectivity index (χ0v) is 21.2. The van der Waals surface area contributed by atoms with Crippen LogP contribution in [0.2, 0.25) is 0 Å². The number of aryl methyl sites for hydroxylation is 2. The second-order valence-electron chi connectivity index (χ2n) is 10.1. The first-order valence-corrected chi connectivity index (χ1v) is 12.7. The van der Waals surface area contributed by atoms with E-state index >= 15 is 0 Å². The highest BCUT2D eigenvalue weighted by Gasteiger charge is 2.27. The lowest BCUT2D eigenvalue weighted by atomic mass is 9.88. The third kappa shape index (κ3) is 4.66. The Morgan fingerprint density at radius 3 is 2.42 bits per heavy atom. The van der Waals surface area contributed by atoms with Gasteiger partial charge in [0, 0.05) is 44.1 Å². The molecule has 0 saturated carbocycles. The van der Waals surface area contributed by atoms with Crippen LogP contribution in [0.3, 0.4) is 0 Å². The number of H-pyrrole nitrogens is 1. The van der Waals surface area contributed by atoms with E-state index in [1.165, 1.54) is 5.56 Å². The molecule has 1 N–H and O–H groups in total. The average molecular weight is 489 g/mol.